The van der Waals surface area contributed by atoms with Crippen LogP contribution in [0.5, 0.6) is 11.5 Å². The largest absolute Gasteiger partial charge is 0.485 e. The van der Waals surface area contributed by atoms with E-state index < -0.39 is 5.82 Å². The van der Waals surface area contributed by atoms with Crippen LogP contribution in [0.15, 0.2) is 79.6 Å². The molecule has 0 unspecified atom stereocenters. The molecule has 3 rings (SSSR count). The van der Waals surface area contributed by atoms with Crippen LogP contribution >= 0.6 is 11.6 Å². The van der Waals surface area contributed by atoms with Gasteiger partial charge in [0.2, 0.25) is 0 Å². The minimum Gasteiger partial charge on any atom is -0.485 e. The Labute approximate surface area is 198 Å². The molecule has 0 fully saturated rings. The number of carbonyl (C=O) groups excluding carboxylic acids is 1. The second kappa shape index (κ2) is 12.0. The molecule has 0 saturated heterocycles. The highest BCUT2D eigenvalue weighted by atomic mass is 35.5. The fourth-order valence-corrected chi connectivity index (χ4v) is 3.46. The van der Waals surface area contributed by atoms with E-state index in [0.29, 0.717) is 43.2 Å². The summed E-state index contributed by atoms with van der Waals surface area (Å²) in [7, 11) is 0. The fraction of sp³-hybridized carbons (Fsp3) is 0.192. The zero-order valence-corrected chi connectivity index (χ0v) is 18.9. The molecule has 0 radical (unpaired) electrons. The minimum absolute atomic E-state index is 0.0142. The Kier molecular flexibility index (Phi) is 8.87. The van der Waals surface area contributed by atoms with E-state index in [1.807, 2.05) is 30.3 Å². The molecule has 0 aliphatic rings. The van der Waals surface area contributed by atoms with Crippen molar-refractivity contribution in [2.45, 2.75) is 19.6 Å². The van der Waals surface area contributed by atoms with Gasteiger partial charge in [0.05, 0.1) is 11.3 Å². The third kappa shape index (κ3) is 6.81. The van der Waals surface area contributed by atoms with Crippen LogP contribution in [0.1, 0.15) is 27.9 Å². The maximum absolute atomic E-state index is 13.5. The van der Waals surface area contributed by atoms with Crippen LogP contribution < -0.4 is 15.2 Å². The molecule has 0 aliphatic heterocycles. The summed E-state index contributed by atoms with van der Waals surface area (Å²) < 4.78 is 24.9. The van der Waals surface area contributed by atoms with Crippen LogP contribution in [0.3, 0.4) is 0 Å². The molecule has 3 aromatic rings. The third-order valence-electron chi connectivity index (χ3n) is 4.91. The molecule has 0 spiro atoms. The maximum atomic E-state index is 13.5. The van der Waals surface area contributed by atoms with Crippen molar-refractivity contribution in [2.75, 3.05) is 13.1 Å². The third-order valence-corrected chi connectivity index (χ3v) is 5.20. The minimum atomic E-state index is -0.502. The molecule has 0 saturated carbocycles. The van der Waals surface area contributed by atoms with Crippen molar-refractivity contribution < 1.29 is 18.7 Å². The summed E-state index contributed by atoms with van der Waals surface area (Å²) in [5.41, 5.74) is 7.81. The van der Waals surface area contributed by atoms with Crippen molar-refractivity contribution in [1.29, 1.82) is 0 Å². The van der Waals surface area contributed by atoms with Crippen molar-refractivity contribution >= 4 is 17.5 Å². The van der Waals surface area contributed by atoms with Crippen LogP contribution in [0, 0.1) is 5.82 Å². The number of ether oxygens (including phenoxy) is 2. The van der Waals surface area contributed by atoms with Gasteiger partial charge in [-0.05, 0) is 54.4 Å². The number of hydrogen-bond acceptors (Lipinski definition) is 4. The molecule has 33 heavy (non-hydrogen) atoms. The van der Waals surface area contributed by atoms with Gasteiger partial charge in [-0.15, -0.1) is 0 Å². The molecule has 2 N–H and O–H groups in total. The molecule has 0 atom stereocenters. The van der Waals surface area contributed by atoms with E-state index in [0.717, 1.165) is 11.1 Å². The van der Waals surface area contributed by atoms with Gasteiger partial charge in [-0.25, -0.2) is 4.39 Å². The molecular formula is C26H26ClFN2O3. The van der Waals surface area contributed by atoms with Crippen LogP contribution in [0.2, 0.25) is 5.02 Å². The Morgan fingerprint density at radius 3 is 2.55 bits per heavy atom. The molecule has 0 aliphatic carbocycles. The molecule has 7 heteroatoms. The number of carbonyl (C=O) groups is 1. The van der Waals surface area contributed by atoms with E-state index in [9.17, 15) is 9.18 Å². The zero-order chi connectivity index (χ0) is 23.6. The number of benzene rings is 3. The Hall–Kier alpha value is -3.35. The van der Waals surface area contributed by atoms with Gasteiger partial charge in [-0.2, -0.15) is 0 Å². The SMILES string of the molecule is C=COc1cc(C(=O)N(CCCN)Cc2ccc(F)c(Cl)c2)ccc1OCc1ccccc1. The summed E-state index contributed by atoms with van der Waals surface area (Å²) in [5.74, 6) is 0.162. The summed E-state index contributed by atoms with van der Waals surface area (Å²) in [4.78, 5) is 15.0. The standard InChI is InChI=1S/C26H26ClFN2O3/c1-2-32-25-16-21(10-12-24(25)33-18-19-7-4-3-5-8-19)26(31)30(14-6-13-29)17-20-9-11-23(28)22(27)15-20/h2-5,7-12,15-16H,1,6,13-14,17-18,29H2. The highest BCUT2D eigenvalue weighted by Gasteiger charge is 2.19. The smallest absolute Gasteiger partial charge is 0.254 e. The molecule has 0 aromatic heterocycles. The van der Waals surface area contributed by atoms with Gasteiger partial charge < -0.3 is 20.1 Å². The van der Waals surface area contributed by atoms with Gasteiger partial charge in [0.15, 0.2) is 11.5 Å². The predicted molar refractivity (Wildman–Crippen MR) is 128 cm³/mol. The van der Waals surface area contributed by atoms with Crippen molar-refractivity contribution in [3.63, 3.8) is 0 Å². The first-order valence-electron chi connectivity index (χ1n) is 10.5. The molecule has 0 heterocycles. The lowest BCUT2D eigenvalue weighted by molar-refractivity contribution is 0.0742. The summed E-state index contributed by atoms with van der Waals surface area (Å²) in [6.45, 7) is 5.10. The van der Waals surface area contributed by atoms with Crippen LogP contribution in [-0.2, 0) is 13.2 Å². The quantitative estimate of drug-likeness (QED) is 0.373. The molecule has 0 bridgehead atoms. The van der Waals surface area contributed by atoms with Crippen LogP contribution in [0.25, 0.3) is 0 Å². The van der Waals surface area contributed by atoms with Gasteiger partial charge in [0.25, 0.3) is 5.91 Å². The molecular weight excluding hydrogens is 443 g/mol. The first-order chi connectivity index (χ1) is 16.0. The normalized spacial score (nSPS) is 10.5. The fourth-order valence-electron chi connectivity index (χ4n) is 3.25. The van der Waals surface area contributed by atoms with E-state index in [1.165, 1.54) is 18.4 Å². The Morgan fingerprint density at radius 2 is 1.85 bits per heavy atom. The van der Waals surface area contributed by atoms with Gasteiger partial charge in [-0.3, -0.25) is 4.79 Å². The van der Waals surface area contributed by atoms with E-state index in [-0.39, 0.29) is 17.5 Å². The number of hydrogen-bond donors (Lipinski definition) is 1. The summed E-state index contributed by atoms with van der Waals surface area (Å²) in [6, 6.07) is 19.2. The molecule has 1 amide bonds. The van der Waals surface area contributed by atoms with E-state index >= 15 is 0 Å². The average Bonchev–Trinajstić information content (AvgIpc) is 2.83. The molecule has 5 nitrogen and oxygen atoms in total. The van der Waals surface area contributed by atoms with E-state index in [2.05, 4.69) is 6.58 Å². The first-order valence-corrected chi connectivity index (χ1v) is 10.9. The van der Waals surface area contributed by atoms with Crippen molar-refractivity contribution in [2.24, 2.45) is 5.73 Å². The first kappa shape index (κ1) is 24.3. The van der Waals surface area contributed by atoms with Crippen molar-refractivity contribution in [1.82, 2.24) is 4.90 Å². The maximum Gasteiger partial charge on any atom is 0.254 e. The Morgan fingerprint density at radius 1 is 1.06 bits per heavy atom. The lowest BCUT2D eigenvalue weighted by Gasteiger charge is -2.23. The molecule has 3 aromatic carbocycles. The van der Waals surface area contributed by atoms with E-state index in [4.69, 9.17) is 26.8 Å². The van der Waals surface area contributed by atoms with Gasteiger partial charge >= 0.3 is 0 Å². The number of amides is 1. The van der Waals surface area contributed by atoms with Gasteiger partial charge in [0.1, 0.15) is 12.4 Å². The Bertz CT molecular complexity index is 1090. The lowest BCUT2D eigenvalue weighted by atomic mass is 10.1. The summed E-state index contributed by atoms with van der Waals surface area (Å²) in [6.07, 6.45) is 1.90. The van der Waals surface area contributed by atoms with Crippen LogP contribution in [-0.4, -0.2) is 23.9 Å². The number of halogens is 2. The topological polar surface area (TPSA) is 64.8 Å². The zero-order valence-electron chi connectivity index (χ0n) is 18.2. The second-order valence-corrected chi connectivity index (χ2v) is 7.74. The summed E-state index contributed by atoms with van der Waals surface area (Å²) >= 11 is 5.91. The van der Waals surface area contributed by atoms with E-state index in [1.54, 1.807) is 29.2 Å². The summed E-state index contributed by atoms with van der Waals surface area (Å²) in [5, 5.41) is 0.0142. The van der Waals surface area contributed by atoms with Crippen molar-refractivity contribution in [3.8, 4) is 11.5 Å². The van der Waals surface area contributed by atoms with Gasteiger partial charge in [0, 0.05) is 18.7 Å². The monoisotopic (exact) mass is 468 g/mol. The van der Waals surface area contributed by atoms with Crippen LogP contribution in [0.4, 0.5) is 4.39 Å². The second-order valence-electron chi connectivity index (χ2n) is 7.34. The van der Waals surface area contributed by atoms with Gasteiger partial charge in [-0.1, -0.05) is 54.6 Å². The predicted octanol–water partition coefficient (Wildman–Crippen LogP) is 5.57. The Balaban J connectivity index is 1.81. The average molecular weight is 469 g/mol. The number of nitrogens with two attached hydrogens (primary N) is 1. The van der Waals surface area contributed by atoms with Crippen molar-refractivity contribution in [3.05, 3.63) is 107 Å². The highest BCUT2D eigenvalue weighted by Crippen LogP contribution is 2.30. The molecule has 172 valence electrons. The number of nitrogens with zero attached hydrogens (tertiary/aromatic N) is 1. The highest BCUT2D eigenvalue weighted by molar-refractivity contribution is 6.30. The number of rotatable bonds is 11. The lowest BCUT2D eigenvalue weighted by Crippen LogP contribution is -2.32.